The largest absolute Gasteiger partial charge is 0.371 e. The van der Waals surface area contributed by atoms with Crippen molar-refractivity contribution in [2.24, 2.45) is 0 Å². The van der Waals surface area contributed by atoms with Gasteiger partial charge in [-0.1, -0.05) is 13.0 Å². The lowest BCUT2D eigenvalue weighted by Crippen LogP contribution is -2.54. The highest BCUT2D eigenvalue weighted by Gasteiger charge is 2.29. The van der Waals surface area contributed by atoms with E-state index in [1.807, 2.05) is 25.1 Å². The van der Waals surface area contributed by atoms with E-state index < -0.39 is 10.0 Å². The fourth-order valence-electron chi connectivity index (χ4n) is 4.37. The van der Waals surface area contributed by atoms with E-state index in [1.54, 1.807) is 6.07 Å². The number of nitrogens with one attached hydrogen (secondary N) is 2. The van der Waals surface area contributed by atoms with Gasteiger partial charge in [0.2, 0.25) is 15.9 Å². The second kappa shape index (κ2) is 10.4. The van der Waals surface area contributed by atoms with Crippen molar-refractivity contribution in [3.05, 3.63) is 29.8 Å². The lowest BCUT2D eigenvalue weighted by atomic mass is 10.0. The van der Waals surface area contributed by atoms with Gasteiger partial charge in [0, 0.05) is 44.0 Å². The molecule has 2 fully saturated rings. The van der Waals surface area contributed by atoms with Crippen LogP contribution in [0, 0.1) is 11.3 Å². The van der Waals surface area contributed by atoms with Crippen LogP contribution in [0.4, 0.5) is 5.69 Å². The summed E-state index contributed by atoms with van der Waals surface area (Å²) >= 11 is 0. The highest BCUT2D eigenvalue weighted by molar-refractivity contribution is 7.88. The van der Waals surface area contributed by atoms with E-state index in [1.165, 1.54) is 10.6 Å². The van der Waals surface area contributed by atoms with Crippen LogP contribution in [0.5, 0.6) is 0 Å². The molecule has 1 aromatic carbocycles. The molecule has 2 heterocycles. The van der Waals surface area contributed by atoms with Crippen LogP contribution in [0.2, 0.25) is 0 Å². The van der Waals surface area contributed by atoms with Crippen molar-refractivity contribution < 1.29 is 13.2 Å². The number of nitriles is 1. The molecule has 0 bridgehead atoms. The van der Waals surface area contributed by atoms with Crippen molar-refractivity contribution in [2.45, 2.75) is 57.2 Å². The SMILES string of the molecule is CCC(NC1CCN(S(C)(=O)=O)CC1)C(=O)NC1CCN(c2cccc(C#N)c2)CC1. The van der Waals surface area contributed by atoms with Crippen LogP contribution in [0.1, 0.15) is 44.6 Å². The number of benzene rings is 1. The van der Waals surface area contributed by atoms with Crippen molar-refractivity contribution in [3.8, 4) is 6.07 Å². The minimum atomic E-state index is -3.14. The van der Waals surface area contributed by atoms with Crippen molar-refractivity contribution in [3.63, 3.8) is 0 Å². The predicted molar refractivity (Wildman–Crippen MR) is 121 cm³/mol. The molecule has 9 heteroatoms. The molecule has 2 aliphatic heterocycles. The summed E-state index contributed by atoms with van der Waals surface area (Å²) in [6.07, 6.45) is 5.11. The molecule has 2 aliphatic rings. The molecule has 1 unspecified atom stereocenters. The highest BCUT2D eigenvalue weighted by Crippen LogP contribution is 2.21. The molecule has 170 valence electrons. The number of hydrogen-bond donors (Lipinski definition) is 2. The summed E-state index contributed by atoms with van der Waals surface area (Å²) < 4.78 is 24.8. The Hall–Kier alpha value is -2.15. The van der Waals surface area contributed by atoms with Crippen LogP contribution in [0.15, 0.2) is 24.3 Å². The van der Waals surface area contributed by atoms with E-state index in [0.29, 0.717) is 25.1 Å². The Morgan fingerprint density at radius 3 is 2.39 bits per heavy atom. The maximum atomic E-state index is 12.8. The van der Waals surface area contributed by atoms with Crippen LogP contribution in [-0.2, 0) is 14.8 Å². The van der Waals surface area contributed by atoms with Crippen molar-refractivity contribution in [2.75, 3.05) is 37.3 Å². The van der Waals surface area contributed by atoms with Crippen LogP contribution in [-0.4, -0.2) is 69.2 Å². The van der Waals surface area contributed by atoms with Gasteiger partial charge in [-0.3, -0.25) is 4.79 Å². The zero-order valence-electron chi connectivity index (χ0n) is 18.4. The van der Waals surface area contributed by atoms with Crippen LogP contribution in [0.3, 0.4) is 0 Å². The summed E-state index contributed by atoms with van der Waals surface area (Å²) in [4.78, 5) is 15.1. The first kappa shape index (κ1) is 23.5. The molecule has 0 aromatic heterocycles. The molecule has 0 aliphatic carbocycles. The normalized spacial score (nSPS) is 20.2. The molecule has 8 nitrogen and oxygen atoms in total. The fourth-order valence-corrected chi connectivity index (χ4v) is 5.25. The van der Waals surface area contributed by atoms with E-state index >= 15 is 0 Å². The second-order valence-corrected chi connectivity index (χ2v) is 10.5. The van der Waals surface area contributed by atoms with Gasteiger partial charge < -0.3 is 15.5 Å². The number of nitrogens with zero attached hydrogens (tertiary/aromatic N) is 3. The number of anilines is 1. The van der Waals surface area contributed by atoms with Gasteiger partial charge in [0.25, 0.3) is 0 Å². The van der Waals surface area contributed by atoms with Crippen molar-refractivity contribution in [1.82, 2.24) is 14.9 Å². The van der Waals surface area contributed by atoms with Crippen LogP contribution >= 0.6 is 0 Å². The van der Waals surface area contributed by atoms with Crippen LogP contribution < -0.4 is 15.5 Å². The number of rotatable bonds is 7. The Kier molecular flexibility index (Phi) is 7.92. The zero-order chi connectivity index (χ0) is 22.4. The molecule has 0 saturated carbocycles. The predicted octanol–water partition coefficient (Wildman–Crippen LogP) is 1.44. The number of piperidine rings is 2. The standard InChI is InChI=1S/C22H33N5O3S/c1-3-21(24-18-9-13-27(14-10-18)31(2,29)30)22(28)25-19-7-11-26(12-8-19)20-6-4-5-17(15-20)16-23/h4-6,15,18-19,21,24H,3,7-14H2,1-2H3,(H,25,28). The van der Waals surface area contributed by atoms with Gasteiger partial charge in [-0.2, -0.15) is 5.26 Å². The van der Waals surface area contributed by atoms with Crippen LogP contribution in [0.25, 0.3) is 0 Å². The van der Waals surface area contributed by atoms with E-state index in [4.69, 9.17) is 5.26 Å². The average Bonchev–Trinajstić information content (AvgIpc) is 2.77. The molecule has 1 atom stereocenters. The Morgan fingerprint density at radius 2 is 1.81 bits per heavy atom. The number of sulfonamides is 1. The Labute approximate surface area is 185 Å². The monoisotopic (exact) mass is 447 g/mol. The first-order valence-electron chi connectivity index (χ1n) is 11.1. The topological polar surface area (TPSA) is 106 Å². The van der Waals surface area contributed by atoms with Gasteiger partial charge in [0.1, 0.15) is 0 Å². The van der Waals surface area contributed by atoms with Gasteiger partial charge in [-0.25, -0.2) is 12.7 Å². The van der Waals surface area contributed by atoms with E-state index in [2.05, 4.69) is 21.6 Å². The molecule has 0 radical (unpaired) electrons. The first-order valence-corrected chi connectivity index (χ1v) is 12.9. The van der Waals surface area contributed by atoms with E-state index in [0.717, 1.165) is 44.5 Å². The van der Waals surface area contributed by atoms with Crippen molar-refractivity contribution >= 4 is 21.6 Å². The second-order valence-electron chi connectivity index (χ2n) is 8.50. The molecule has 0 spiro atoms. The van der Waals surface area contributed by atoms with Gasteiger partial charge >= 0.3 is 0 Å². The summed E-state index contributed by atoms with van der Waals surface area (Å²) in [7, 11) is -3.14. The number of carbonyl (C=O) groups excluding carboxylic acids is 1. The molecule has 3 rings (SSSR count). The third-order valence-corrected chi connectivity index (χ3v) is 7.57. The molecule has 2 saturated heterocycles. The molecule has 1 aromatic rings. The average molecular weight is 448 g/mol. The summed E-state index contributed by atoms with van der Waals surface area (Å²) in [5.41, 5.74) is 1.71. The minimum absolute atomic E-state index is 0.0259. The van der Waals surface area contributed by atoms with Gasteiger partial charge in [-0.05, 0) is 50.3 Å². The fraction of sp³-hybridized carbons (Fsp3) is 0.636. The lowest BCUT2D eigenvalue weighted by molar-refractivity contribution is -0.124. The van der Waals surface area contributed by atoms with E-state index in [9.17, 15) is 13.2 Å². The summed E-state index contributed by atoms with van der Waals surface area (Å²) in [6.45, 7) is 4.68. The maximum Gasteiger partial charge on any atom is 0.237 e. The Morgan fingerprint density at radius 1 is 1.16 bits per heavy atom. The number of hydrogen-bond acceptors (Lipinski definition) is 6. The molecule has 1 amide bonds. The lowest BCUT2D eigenvalue weighted by Gasteiger charge is -2.36. The van der Waals surface area contributed by atoms with Gasteiger partial charge in [0.15, 0.2) is 0 Å². The maximum absolute atomic E-state index is 12.8. The summed E-state index contributed by atoms with van der Waals surface area (Å²) in [5, 5.41) is 15.7. The minimum Gasteiger partial charge on any atom is -0.371 e. The zero-order valence-corrected chi connectivity index (χ0v) is 19.2. The van der Waals surface area contributed by atoms with E-state index in [-0.39, 0.29) is 24.0 Å². The molecular weight excluding hydrogens is 414 g/mol. The highest BCUT2D eigenvalue weighted by atomic mass is 32.2. The van der Waals surface area contributed by atoms with Gasteiger partial charge in [-0.15, -0.1) is 0 Å². The molecule has 2 N–H and O–H groups in total. The first-order chi connectivity index (χ1) is 14.8. The van der Waals surface area contributed by atoms with Gasteiger partial charge in [0.05, 0.1) is 23.9 Å². The number of amides is 1. The Bertz CT molecular complexity index is 898. The smallest absolute Gasteiger partial charge is 0.237 e. The van der Waals surface area contributed by atoms with Crippen molar-refractivity contribution in [1.29, 1.82) is 5.26 Å². The quantitative estimate of drug-likeness (QED) is 0.655. The Balaban J connectivity index is 1.45. The summed E-state index contributed by atoms with van der Waals surface area (Å²) in [6, 6.07) is 9.85. The third-order valence-electron chi connectivity index (χ3n) is 6.27. The third kappa shape index (κ3) is 6.42. The molecular formula is C22H33N5O3S. The molecule has 31 heavy (non-hydrogen) atoms. The number of carbonyl (C=O) groups is 1. The summed E-state index contributed by atoms with van der Waals surface area (Å²) in [5.74, 6) is 0.0259.